The molecule has 0 saturated heterocycles. The van der Waals surface area contributed by atoms with E-state index in [1.54, 1.807) is 26.0 Å². The van der Waals surface area contributed by atoms with Crippen LogP contribution in [0.1, 0.15) is 35.4 Å². The lowest BCUT2D eigenvalue weighted by atomic mass is 10.1. The van der Waals surface area contributed by atoms with Crippen molar-refractivity contribution in [2.45, 2.75) is 40.2 Å². The van der Waals surface area contributed by atoms with Gasteiger partial charge in [0.2, 0.25) is 0 Å². The molecule has 0 bridgehead atoms. The first-order chi connectivity index (χ1) is 17.5. The molecule has 6 nitrogen and oxygen atoms in total. The number of nitro groups is 1. The van der Waals surface area contributed by atoms with E-state index in [9.17, 15) is 14.9 Å². The molecular weight excluding hydrogens is 486 g/mol. The number of non-ortho nitro benzene ring substituents is 1. The maximum absolute atomic E-state index is 12.5. The van der Waals surface area contributed by atoms with E-state index in [1.807, 2.05) is 13.8 Å². The Labute approximate surface area is 219 Å². The second-order valence-electron chi connectivity index (χ2n) is 9.31. The van der Waals surface area contributed by atoms with Crippen LogP contribution in [0, 0.1) is 42.7 Å². The molecule has 4 aromatic rings. The van der Waals surface area contributed by atoms with E-state index < -0.39 is 16.5 Å². The molecular formula is C30H28NO5S+. The smallest absolute Gasteiger partial charge is 0.345 e. The summed E-state index contributed by atoms with van der Waals surface area (Å²) in [6, 6.07) is 20.9. The van der Waals surface area contributed by atoms with Crippen LogP contribution in [0.25, 0.3) is 15.0 Å². The van der Waals surface area contributed by atoms with Crippen LogP contribution >= 0.6 is 10.5 Å². The molecule has 0 spiro atoms. The summed E-state index contributed by atoms with van der Waals surface area (Å²) < 4.78 is 12.7. The lowest BCUT2D eigenvalue weighted by Gasteiger charge is -2.19. The highest BCUT2D eigenvalue weighted by Gasteiger charge is 2.24. The molecule has 0 amide bonds. The Hall–Kier alpha value is -4.15. The van der Waals surface area contributed by atoms with Crippen LogP contribution in [0.4, 0.5) is 5.69 Å². The van der Waals surface area contributed by atoms with Crippen molar-refractivity contribution >= 4 is 32.2 Å². The minimum absolute atomic E-state index is 0.00728. The van der Waals surface area contributed by atoms with Gasteiger partial charge in [0.05, 0.1) is 4.92 Å². The van der Waals surface area contributed by atoms with E-state index >= 15 is 0 Å². The summed E-state index contributed by atoms with van der Waals surface area (Å²) in [7, 11) is -0.122. The van der Waals surface area contributed by atoms with Crippen LogP contribution < -0.4 is 4.74 Å². The van der Waals surface area contributed by atoms with Gasteiger partial charge in [0.25, 0.3) is 5.69 Å². The zero-order valence-electron chi connectivity index (χ0n) is 21.5. The number of hydrogen-bond acceptors (Lipinski definition) is 5. The number of benzene rings is 3. The summed E-state index contributed by atoms with van der Waals surface area (Å²) in [6.45, 7) is 9.27. The van der Waals surface area contributed by atoms with Crippen LogP contribution in [0.2, 0.25) is 0 Å². The monoisotopic (exact) mass is 514 g/mol. The fraction of sp³-hybridized carbons (Fsp3) is 0.233. The van der Waals surface area contributed by atoms with Gasteiger partial charge in [-0.3, -0.25) is 10.1 Å². The number of hydrogen-bond donors (Lipinski definition) is 0. The third kappa shape index (κ3) is 5.99. The first kappa shape index (κ1) is 25.9. The fourth-order valence-corrected chi connectivity index (χ4v) is 6.55. The molecule has 3 aromatic carbocycles. The van der Waals surface area contributed by atoms with Gasteiger partial charge in [-0.2, -0.15) is 0 Å². The van der Waals surface area contributed by atoms with Crippen LogP contribution in [0.3, 0.4) is 0 Å². The first-order valence-electron chi connectivity index (χ1n) is 11.8. The molecule has 7 heteroatoms. The molecule has 37 heavy (non-hydrogen) atoms. The molecule has 0 aliphatic heterocycles. The van der Waals surface area contributed by atoms with Gasteiger partial charge < -0.3 is 9.47 Å². The Morgan fingerprint density at radius 1 is 1.00 bits per heavy atom. The lowest BCUT2D eigenvalue weighted by molar-refractivity contribution is -0.384. The van der Waals surface area contributed by atoms with Gasteiger partial charge in [0.15, 0.2) is 26.7 Å². The molecule has 0 aliphatic rings. The number of nitrogens with zero attached hydrogens (tertiary/aromatic N) is 1. The SMILES string of the molecule is Cc1cc(-[s+]2c(C)cc3ccccc32)cc(C)c1OCC(=O)OC(C)(C)C#Cc1ccc([N+](=O)[O-])cc1. The van der Waals surface area contributed by atoms with Gasteiger partial charge >= 0.3 is 5.97 Å². The van der Waals surface area contributed by atoms with Gasteiger partial charge in [0.1, 0.15) is 5.75 Å². The molecule has 1 heterocycles. The third-order valence-corrected chi connectivity index (χ3v) is 8.06. The number of fused-ring (bicyclic) bond motifs is 1. The Bertz CT molecular complexity index is 1530. The Morgan fingerprint density at radius 3 is 2.30 bits per heavy atom. The number of ether oxygens (including phenoxy) is 2. The highest BCUT2D eigenvalue weighted by Crippen LogP contribution is 2.45. The summed E-state index contributed by atoms with van der Waals surface area (Å²) >= 11 is 0. The number of rotatable bonds is 6. The Kier molecular flexibility index (Phi) is 7.33. The van der Waals surface area contributed by atoms with Gasteiger partial charge in [-0.1, -0.05) is 24.0 Å². The molecule has 0 aliphatic carbocycles. The maximum atomic E-state index is 12.5. The Balaban J connectivity index is 1.43. The average Bonchev–Trinajstić information content (AvgIpc) is 3.17. The molecule has 0 saturated carbocycles. The number of carbonyl (C=O) groups excluding carboxylic acids is 1. The normalized spacial score (nSPS) is 11.5. The van der Waals surface area contributed by atoms with E-state index in [4.69, 9.17) is 9.47 Å². The van der Waals surface area contributed by atoms with Gasteiger partial charge in [-0.25, -0.2) is 4.79 Å². The molecule has 4 rings (SSSR count). The van der Waals surface area contributed by atoms with Crippen molar-refractivity contribution in [3.8, 4) is 22.5 Å². The van der Waals surface area contributed by atoms with E-state index in [2.05, 4.69) is 61.2 Å². The lowest BCUT2D eigenvalue weighted by Crippen LogP contribution is -2.29. The minimum Gasteiger partial charge on any atom is -0.481 e. The Morgan fingerprint density at radius 2 is 1.65 bits per heavy atom. The molecule has 1 atom stereocenters. The summed E-state index contributed by atoms with van der Waals surface area (Å²) in [5.41, 5.74) is 1.45. The van der Waals surface area contributed by atoms with Crippen LogP contribution in [0.5, 0.6) is 5.75 Å². The molecule has 1 aromatic heterocycles. The zero-order valence-corrected chi connectivity index (χ0v) is 22.3. The van der Waals surface area contributed by atoms with E-state index in [1.165, 1.54) is 32.0 Å². The number of aryl methyl sites for hydroxylation is 3. The summed E-state index contributed by atoms with van der Waals surface area (Å²) in [5.74, 6) is 5.94. The molecule has 1 unspecified atom stereocenters. The van der Waals surface area contributed by atoms with E-state index in [-0.39, 0.29) is 22.8 Å². The molecule has 0 N–H and O–H groups in total. The summed E-state index contributed by atoms with van der Waals surface area (Å²) in [4.78, 5) is 25.4. The molecule has 0 radical (unpaired) electrons. The second kappa shape index (κ2) is 10.5. The molecule has 188 valence electrons. The summed E-state index contributed by atoms with van der Waals surface area (Å²) in [6.07, 6.45) is 0. The third-order valence-electron chi connectivity index (χ3n) is 5.78. The topological polar surface area (TPSA) is 78.7 Å². The van der Waals surface area contributed by atoms with Gasteiger partial charge in [0, 0.05) is 58.7 Å². The van der Waals surface area contributed by atoms with E-state index in [0.717, 1.165) is 11.1 Å². The number of thiophene rings is 1. The maximum Gasteiger partial charge on any atom is 0.345 e. The standard InChI is InChI=1S/C30H28NO5S/c1-20-16-26(37-22(3)18-24-8-6-7-9-27(24)37)17-21(2)29(20)35-19-28(32)36-30(4,5)15-14-23-10-12-25(13-11-23)31(33)34/h6-13,16-18H,19H2,1-5H3/q+1. The highest BCUT2D eigenvalue weighted by molar-refractivity contribution is 7.45. The largest absolute Gasteiger partial charge is 0.481 e. The van der Waals surface area contributed by atoms with Crippen molar-refractivity contribution in [3.05, 3.63) is 98.4 Å². The second-order valence-corrected chi connectivity index (χ2v) is 11.5. The number of esters is 1. The van der Waals surface area contributed by atoms with Gasteiger partial charge in [-0.15, -0.1) is 0 Å². The van der Waals surface area contributed by atoms with Crippen molar-refractivity contribution in [1.82, 2.24) is 0 Å². The van der Waals surface area contributed by atoms with Crippen molar-refractivity contribution in [3.63, 3.8) is 0 Å². The van der Waals surface area contributed by atoms with Crippen LogP contribution in [-0.4, -0.2) is 23.1 Å². The predicted molar refractivity (Wildman–Crippen MR) is 148 cm³/mol. The highest BCUT2D eigenvalue weighted by atomic mass is 32.2. The first-order valence-corrected chi connectivity index (χ1v) is 13.0. The van der Waals surface area contributed by atoms with Crippen molar-refractivity contribution < 1.29 is 19.2 Å². The predicted octanol–water partition coefficient (Wildman–Crippen LogP) is 7.16. The average molecular weight is 515 g/mol. The van der Waals surface area contributed by atoms with Gasteiger partial charge in [-0.05, 0) is 63.1 Å². The zero-order chi connectivity index (χ0) is 26.7. The van der Waals surface area contributed by atoms with Crippen LogP contribution in [-0.2, 0) is 9.53 Å². The molecule has 0 fully saturated rings. The minimum atomic E-state index is -1.06. The number of carbonyl (C=O) groups is 1. The van der Waals surface area contributed by atoms with E-state index in [0.29, 0.717) is 11.3 Å². The van der Waals surface area contributed by atoms with Crippen molar-refractivity contribution in [2.75, 3.05) is 6.61 Å². The number of nitro benzene ring substituents is 1. The quantitative estimate of drug-likeness (QED) is 0.0896. The fourth-order valence-electron chi connectivity index (χ4n) is 4.17. The summed E-state index contributed by atoms with van der Waals surface area (Å²) in [5, 5.41) is 12.1. The van der Waals surface area contributed by atoms with Crippen LogP contribution in [0.15, 0.2) is 66.7 Å². The van der Waals surface area contributed by atoms with Crippen molar-refractivity contribution in [2.24, 2.45) is 0 Å². The van der Waals surface area contributed by atoms with Crippen molar-refractivity contribution in [1.29, 1.82) is 0 Å².